The zero-order valence-corrected chi connectivity index (χ0v) is 42.6. The van der Waals surface area contributed by atoms with Crippen molar-refractivity contribution in [2.24, 2.45) is 0 Å². The Hall–Kier alpha value is -7.76. The number of benzene rings is 9. The summed E-state index contributed by atoms with van der Waals surface area (Å²) in [7, 11) is 0. The summed E-state index contributed by atoms with van der Waals surface area (Å²) >= 11 is 0. The van der Waals surface area contributed by atoms with E-state index in [4.69, 9.17) is 4.74 Å². The zero-order valence-electron chi connectivity index (χ0n) is 42.6. The summed E-state index contributed by atoms with van der Waals surface area (Å²) in [6, 6.07) is 68.3. The van der Waals surface area contributed by atoms with E-state index in [0.29, 0.717) is 0 Å². The van der Waals surface area contributed by atoms with E-state index >= 15 is 0 Å². The molecule has 0 bridgehead atoms. The SMILES string of the molecule is Cc1ccc(N(c2ccc(C)cc2)c2cc3c4c(c2)N(c2ccc(C(C)(C)C)cc2)c2ccc(C)cc2B4c2cc(N(c4ccc(C)cc4)c4ccc(C)cc4)c4c(c2O3)C(C)(C)c2ccccc2-4)cc1. The second-order valence-corrected chi connectivity index (χ2v) is 21.9. The molecule has 2 heterocycles. The lowest BCUT2D eigenvalue weighted by Crippen LogP contribution is -2.60. The van der Waals surface area contributed by atoms with Crippen molar-refractivity contribution in [3.63, 3.8) is 0 Å². The second kappa shape index (κ2) is 16.4. The quantitative estimate of drug-likeness (QED) is 0.148. The Morgan fingerprint density at radius 2 is 1.01 bits per heavy atom. The second-order valence-electron chi connectivity index (χ2n) is 21.9. The van der Waals surface area contributed by atoms with Crippen LogP contribution in [-0.4, -0.2) is 6.71 Å². The van der Waals surface area contributed by atoms with Crippen LogP contribution in [-0.2, 0) is 10.8 Å². The standard InChI is InChI=1S/C66H60BN3O/c1-41-15-26-47(27-16-41)68(48-28-17-42(2)18-29-48)52-38-59-63-60(39-52)71-64-56(67(63)55-37-45(5)23-36-57(55)70(59)51-34-24-46(25-35-51)65(6,7)8)40-58(61-53-13-11-12-14-54(53)66(9,10)62(61)64)69(49-30-19-43(3)20-31-49)50-32-21-44(4)22-33-50/h11-40H,1-10H3. The maximum atomic E-state index is 7.83. The van der Waals surface area contributed by atoms with E-state index in [0.717, 1.165) is 57.0 Å². The first-order valence-corrected chi connectivity index (χ1v) is 25.2. The minimum Gasteiger partial charge on any atom is -0.458 e. The van der Waals surface area contributed by atoms with Gasteiger partial charge >= 0.3 is 0 Å². The molecule has 4 nitrogen and oxygen atoms in total. The van der Waals surface area contributed by atoms with Crippen LogP contribution in [0.4, 0.5) is 51.2 Å². The highest BCUT2D eigenvalue weighted by Crippen LogP contribution is 2.59. The molecule has 0 spiro atoms. The minimum atomic E-state index is -0.392. The summed E-state index contributed by atoms with van der Waals surface area (Å²) in [6.07, 6.45) is 0. The summed E-state index contributed by atoms with van der Waals surface area (Å²) in [5.41, 5.74) is 25.6. The molecule has 0 radical (unpaired) electrons. The largest absolute Gasteiger partial charge is 0.458 e. The predicted octanol–water partition coefficient (Wildman–Crippen LogP) is 16.2. The molecule has 71 heavy (non-hydrogen) atoms. The molecule has 0 saturated heterocycles. The van der Waals surface area contributed by atoms with Gasteiger partial charge in [0.15, 0.2) is 0 Å². The number of fused-ring (bicyclic) bond motifs is 8. The van der Waals surface area contributed by atoms with E-state index in [9.17, 15) is 0 Å². The van der Waals surface area contributed by atoms with E-state index < -0.39 is 5.41 Å². The maximum Gasteiger partial charge on any atom is 0.256 e. The van der Waals surface area contributed by atoms with E-state index in [1.807, 2.05) is 0 Å². The molecule has 2 aliphatic heterocycles. The summed E-state index contributed by atoms with van der Waals surface area (Å²) < 4.78 is 7.83. The van der Waals surface area contributed by atoms with E-state index in [-0.39, 0.29) is 12.1 Å². The number of ether oxygens (including phenoxy) is 1. The van der Waals surface area contributed by atoms with Gasteiger partial charge in [-0.2, -0.15) is 0 Å². The maximum absolute atomic E-state index is 7.83. The van der Waals surface area contributed by atoms with Gasteiger partial charge in [-0.3, -0.25) is 0 Å². The predicted molar refractivity (Wildman–Crippen MR) is 302 cm³/mol. The van der Waals surface area contributed by atoms with Crippen LogP contribution >= 0.6 is 0 Å². The Labute approximate surface area is 420 Å². The number of hydrogen-bond acceptors (Lipinski definition) is 4. The molecule has 348 valence electrons. The van der Waals surface area contributed by atoms with E-state index in [2.05, 4.69) is 266 Å². The van der Waals surface area contributed by atoms with Crippen molar-refractivity contribution in [1.29, 1.82) is 0 Å². The summed E-state index contributed by atoms with van der Waals surface area (Å²) in [6.45, 7) is 22.4. The Bertz CT molecular complexity index is 3460. The molecule has 5 heteroatoms. The average molecular weight is 922 g/mol. The number of anilines is 9. The van der Waals surface area contributed by atoms with Crippen molar-refractivity contribution < 1.29 is 4.74 Å². The lowest BCUT2D eigenvalue weighted by molar-refractivity contribution is 0.469. The van der Waals surface area contributed by atoms with Gasteiger partial charge in [-0.1, -0.05) is 159 Å². The molecule has 0 fully saturated rings. The highest BCUT2D eigenvalue weighted by atomic mass is 16.5. The fourth-order valence-corrected chi connectivity index (χ4v) is 11.6. The van der Waals surface area contributed by atoms with Crippen LogP contribution in [0, 0.1) is 34.6 Å². The van der Waals surface area contributed by atoms with Crippen LogP contribution in [0.3, 0.4) is 0 Å². The van der Waals surface area contributed by atoms with Crippen molar-refractivity contribution >= 4 is 74.3 Å². The first-order valence-electron chi connectivity index (χ1n) is 25.2. The summed E-state index contributed by atoms with van der Waals surface area (Å²) in [4.78, 5) is 7.37. The van der Waals surface area contributed by atoms with Gasteiger partial charge in [0.05, 0.1) is 11.4 Å². The van der Waals surface area contributed by atoms with Crippen molar-refractivity contribution in [1.82, 2.24) is 0 Å². The van der Waals surface area contributed by atoms with Crippen LogP contribution < -0.4 is 35.8 Å². The molecular formula is C66H60BN3O. The van der Waals surface area contributed by atoms with E-state index in [1.54, 1.807) is 0 Å². The van der Waals surface area contributed by atoms with Crippen LogP contribution in [0.5, 0.6) is 11.5 Å². The van der Waals surface area contributed by atoms with Gasteiger partial charge in [-0.05, 0) is 152 Å². The first-order chi connectivity index (χ1) is 34.1. The number of hydrogen-bond donors (Lipinski definition) is 0. The Morgan fingerprint density at radius 3 is 1.56 bits per heavy atom. The Balaban J connectivity index is 1.19. The van der Waals surface area contributed by atoms with Gasteiger partial charge in [-0.25, -0.2) is 0 Å². The smallest absolute Gasteiger partial charge is 0.256 e. The summed E-state index contributed by atoms with van der Waals surface area (Å²) in [5.74, 6) is 1.82. The van der Waals surface area contributed by atoms with Crippen molar-refractivity contribution in [3.05, 3.63) is 226 Å². The molecule has 12 rings (SSSR count). The number of rotatable bonds is 7. The van der Waals surface area contributed by atoms with Crippen molar-refractivity contribution in [2.75, 3.05) is 14.7 Å². The highest BCUT2D eigenvalue weighted by molar-refractivity contribution is 6.99. The zero-order chi connectivity index (χ0) is 49.1. The number of nitrogens with zero attached hydrogens (tertiary/aromatic N) is 3. The minimum absolute atomic E-state index is 0.0101. The molecule has 0 N–H and O–H groups in total. The molecule has 9 aromatic carbocycles. The molecule has 3 aliphatic rings. The van der Waals surface area contributed by atoms with Crippen LogP contribution in [0.1, 0.15) is 79.1 Å². The number of aryl methyl sites for hydroxylation is 5. The third kappa shape index (κ3) is 7.27. The lowest BCUT2D eigenvalue weighted by Gasteiger charge is -2.42. The van der Waals surface area contributed by atoms with Gasteiger partial charge in [0.2, 0.25) is 0 Å². The first kappa shape index (κ1) is 44.5. The highest BCUT2D eigenvalue weighted by Gasteiger charge is 2.49. The normalized spacial score (nSPS) is 13.7. The molecule has 0 aromatic heterocycles. The topological polar surface area (TPSA) is 19.0 Å². The van der Waals surface area contributed by atoms with Gasteiger partial charge in [0.1, 0.15) is 11.5 Å². The molecule has 0 amide bonds. The fraction of sp³-hybridized carbons (Fsp3) is 0.182. The summed E-state index contributed by atoms with van der Waals surface area (Å²) in [5, 5.41) is 0. The molecule has 0 saturated carbocycles. The lowest BCUT2D eigenvalue weighted by atomic mass is 9.33. The van der Waals surface area contributed by atoms with E-state index in [1.165, 1.54) is 77.7 Å². The van der Waals surface area contributed by atoms with Gasteiger partial charge in [0.25, 0.3) is 6.71 Å². The third-order valence-electron chi connectivity index (χ3n) is 15.3. The van der Waals surface area contributed by atoms with Crippen LogP contribution in [0.25, 0.3) is 11.1 Å². The van der Waals surface area contributed by atoms with Crippen molar-refractivity contribution in [2.45, 2.75) is 80.1 Å². The fourth-order valence-electron chi connectivity index (χ4n) is 11.6. The molecule has 9 aromatic rings. The molecule has 0 unspecified atom stereocenters. The molecule has 0 atom stereocenters. The molecule has 1 aliphatic carbocycles. The Kier molecular flexibility index (Phi) is 10.3. The van der Waals surface area contributed by atoms with Crippen molar-refractivity contribution in [3.8, 4) is 22.6 Å². The monoisotopic (exact) mass is 921 g/mol. The van der Waals surface area contributed by atoms with Gasteiger partial charge in [0, 0.05) is 62.4 Å². The Morgan fingerprint density at radius 1 is 0.493 bits per heavy atom. The van der Waals surface area contributed by atoms with Gasteiger partial charge < -0.3 is 19.4 Å². The average Bonchev–Trinajstić information content (AvgIpc) is 3.60. The van der Waals surface area contributed by atoms with Crippen LogP contribution in [0.15, 0.2) is 182 Å². The van der Waals surface area contributed by atoms with Gasteiger partial charge in [-0.15, -0.1) is 0 Å². The molecular weight excluding hydrogens is 862 g/mol. The third-order valence-corrected chi connectivity index (χ3v) is 15.3. The van der Waals surface area contributed by atoms with Crippen LogP contribution in [0.2, 0.25) is 0 Å².